The summed E-state index contributed by atoms with van der Waals surface area (Å²) in [5.41, 5.74) is 12.0. The minimum absolute atomic E-state index is 0.620. The molecule has 51 heavy (non-hydrogen) atoms. The van der Waals surface area contributed by atoms with Crippen LogP contribution in [0.4, 0.5) is 17.1 Å². The number of oxazole rings is 1. The van der Waals surface area contributed by atoms with Crippen LogP contribution in [-0.4, -0.2) is 4.98 Å². The van der Waals surface area contributed by atoms with Gasteiger partial charge in [-0.1, -0.05) is 115 Å². The van der Waals surface area contributed by atoms with Crippen LogP contribution in [0.5, 0.6) is 0 Å². The molecule has 0 amide bonds. The average molecular weight is 655 g/mol. The van der Waals surface area contributed by atoms with Gasteiger partial charge in [0.15, 0.2) is 5.58 Å². The fraction of sp³-hybridized carbons (Fsp3) is 0. The first kappa shape index (κ1) is 29.0. The average Bonchev–Trinajstić information content (AvgIpc) is 3.81. The molecule has 2 aromatic heterocycles. The first-order valence-corrected chi connectivity index (χ1v) is 17.1. The van der Waals surface area contributed by atoms with Gasteiger partial charge in [-0.3, -0.25) is 0 Å². The molecule has 0 spiro atoms. The van der Waals surface area contributed by atoms with E-state index >= 15 is 0 Å². The van der Waals surface area contributed by atoms with Crippen molar-refractivity contribution in [1.29, 1.82) is 0 Å². The van der Waals surface area contributed by atoms with Crippen molar-refractivity contribution in [2.45, 2.75) is 0 Å². The van der Waals surface area contributed by atoms with Gasteiger partial charge in [-0.25, -0.2) is 4.98 Å². The maximum absolute atomic E-state index is 6.20. The summed E-state index contributed by atoms with van der Waals surface area (Å²) in [7, 11) is 0. The number of nitrogens with zero attached hydrogens (tertiary/aromatic N) is 2. The zero-order valence-corrected chi connectivity index (χ0v) is 27.5. The van der Waals surface area contributed by atoms with Gasteiger partial charge in [0.1, 0.15) is 16.7 Å². The van der Waals surface area contributed by atoms with E-state index in [1.54, 1.807) is 0 Å². The molecule has 10 aromatic rings. The van der Waals surface area contributed by atoms with Gasteiger partial charge in [0.2, 0.25) is 5.89 Å². The van der Waals surface area contributed by atoms with Gasteiger partial charge in [0, 0.05) is 39.0 Å². The summed E-state index contributed by atoms with van der Waals surface area (Å²) in [6.07, 6.45) is 0. The lowest BCUT2D eigenvalue weighted by molar-refractivity contribution is 0.620. The second kappa shape index (κ2) is 11.9. The second-order valence-corrected chi connectivity index (χ2v) is 12.8. The number of hydrogen-bond acceptors (Lipinski definition) is 4. The van der Waals surface area contributed by atoms with Gasteiger partial charge in [-0.2, -0.15) is 0 Å². The number of fused-ring (bicyclic) bond motifs is 5. The Morgan fingerprint density at radius 3 is 1.76 bits per heavy atom. The molecule has 10 rings (SSSR count). The molecule has 0 fully saturated rings. The summed E-state index contributed by atoms with van der Waals surface area (Å²) in [6.45, 7) is 0. The lowest BCUT2D eigenvalue weighted by atomic mass is 9.98. The fourth-order valence-electron chi connectivity index (χ4n) is 7.24. The summed E-state index contributed by atoms with van der Waals surface area (Å²) >= 11 is 0. The third-order valence-corrected chi connectivity index (χ3v) is 9.72. The highest BCUT2D eigenvalue weighted by molar-refractivity contribution is 6.06. The normalized spacial score (nSPS) is 11.5. The molecule has 240 valence electrons. The Labute approximate surface area is 294 Å². The number of benzene rings is 8. The van der Waals surface area contributed by atoms with Crippen molar-refractivity contribution in [2.75, 3.05) is 4.90 Å². The highest BCUT2D eigenvalue weighted by atomic mass is 16.3. The van der Waals surface area contributed by atoms with E-state index in [1.807, 2.05) is 54.6 Å². The standard InChI is InChI=1S/C47H30N2O2/c1-2-11-34(12-3-1)47-48-46-40(17-9-19-45(46)51-47)33-22-26-36(27-23-33)49(37-28-29-44-42(30-37)41-15-6-7-18-43(41)50-44)35-24-20-32(21-25-35)39-16-8-13-31-10-4-5-14-38(31)39/h1-30H. The van der Waals surface area contributed by atoms with Crippen molar-refractivity contribution in [3.8, 4) is 33.7 Å². The molecule has 8 aromatic carbocycles. The molecule has 0 unspecified atom stereocenters. The van der Waals surface area contributed by atoms with E-state index in [1.165, 1.54) is 21.9 Å². The van der Waals surface area contributed by atoms with Crippen molar-refractivity contribution >= 4 is 60.9 Å². The van der Waals surface area contributed by atoms with E-state index in [-0.39, 0.29) is 0 Å². The van der Waals surface area contributed by atoms with E-state index in [0.29, 0.717) is 5.89 Å². The molecule has 0 aliphatic rings. The Bertz CT molecular complexity index is 2840. The predicted molar refractivity (Wildman–Crippen MR) is 210 cm³/mol. The van der Waals surface area contributed by atoms with Crippen LogP contribution in [0.2, 0.25) is 0 Å². The van der Waals surface area contributed by atoms with Crippen LogP contribution in [0.15, 0.2) is 191 Å². The largest absolute Gasteiger partial charge is 0.456 e. The van der Waals surface area contributed by atoms with E-state index in [4.69, 9.17) is 13.8 Å². The van der Waals surface area contributed by atoms with E-state index < -0.39 is 0 Å². The van der Waals surface area contributed by atoms with Gasteiger partial charge in [0.25, 0.3) is 0 Å². The topological polar surface area (TPSA) is 42.4 Å². The van der Waals surface area contributed by atoms with Gasteiger partial charge < -0.3 is 13.7 Å². The van der Waals surface area contributed by atoms with Crippen LogP contribution < -0.4 is 4.90 Å². The van der Waals surface area contributed by atoms with Crippen LogP contribution in [0.25, 0.3) is 77.5 Å². The summed E-state index contributed by atoms with van der Waals surface area (Å²) in [5.74, 6) is 0.620. The Hall–Kier alpha value is -6.91. The maximum Gasteiger partial charge on any atom is 0.227 e. The van der Waals surface area contributed by atoms with E-state index in [9.17, 15) is 0 Å². The van der Waals surface area contributed by atoms with Crippen molar-refractivity contribution in [3.63, 3.8) is 0 Å². The summed E-state index contributed by atoms with van der Waals surface area (Å²) in [4.78, 5) is 7.23. The molecular formula is C47H30N2O2. The lowest BCUT2D eigenvalue weighted by Crippen LogP contribution is -2.09. The van der Waals surface area contributed by atoms with Crippen LogP contribution in [0, 0.1) is 0 Å². The number of furan rings is 1. The Morgan fingerprint density at radius 1 is 0.373 bits per heavy atom. The zero-order chi connectivity index (χ0) is 33.7. The second-order valence-electron chi connectivity index (χ2n) is 12.8. The van der Waals surface area contributed by atoms with Crippen LogP contribution in [0.1, 0.15) is 0 Å². The quantitative estimate of drug-likeness (QED) is 0.179. The molecule has 0 atom stereocenters. The van der Waals surface area contributed by atoms with E-state index in [0.717, 1.165) is 66.8 Å². The van der Waals surface area contributed by atoms with Gasteiger partial charge in [0.05, 0.1) is 0 Å². The molecule has 2 heterocycles. The SMILES string of the molecule is c1ccc(-c2nc3c(-c4ccc(N(c5ccc(-c6cccc7ccccc67)cc5)c5ccc6oc7ccccc7c6c5)cc4)cccc3o2)cc1. The molecule has 4 heteroatoms. The molecule has 0 saturated carbocycles. The van der Waals surface area contributed by atoms with E-state index in [2.05, 4.69) is 132 Å². The summed E-state index contributed by atoms with van der Waals surface area (Å²) in [5, 5.41) is 4.67. The smallest absolute Gasteiger partial charge is 0.227 e. The molecular weight excluding hydrogens is 625 g/mol. The van der Waals surface area contributed by atoms with Crippen molar-refractivity contribution in [2.24, 2.45) is 0 Å². The molecule has 0 radical (unpaired) electrons. The summed E-state index contributed by atoms with van der Waals surface area (Å²) in [6, 6.07) is 63.4. The van der Waals surface area contributed by atoms with Crippen molar-refractivity contribution in [1.82, 2.24) is 4.98 Å². The monoisotopic (exact) mass is 654 g/mol. The number of anilines is 3. The highest BCUT2D eigenvalue weighted by Crippen LogP contribution is 2.41. The molecule has 0 aliphatic heterocycles. The highest BCUT2D eigenvalue weighted by Gasteiger charge is 2.18. The van der Waals surface area contributed by atoms with Crippen LogP contribution in [-0.2, 0) is 0 Å². The first-order chi connectivity index (χ1) is 25.3. The Kier molecular flexibility index (Phi) is 6.78. The number of hydrogen-bond donors (Lipinski definition) is 0. The molecule has 0 saturated heterocycles. The minimum atomic E-state index is 0.620. The number of para-hydroxylation sites is 2. The Balaban J connectivity index is 1.08. The van der Waals surface area contributed by atoms with Crippen LogP contribution in [0.3, 0.4) is 0 Å². The maximum atomic E-state index is 6.20. The number of rotatable bonds is 6. The molecule has 0 N–H and O–H groups in total. The lowest BCUT2D eigenvalue weighted by Gasteiger charge is -2.26. The summed E-state index contributed by atoms with van der Waals surface area (Å²) < 4.78 is 12.4. The van der Waals surface area contributed by atoms with Gasteiger partial charge >= 0.3 is 0 Å². The fourth-order valence-corrected chi connectivity index (χ4v) is 7.24. The zero-order valence-electron chi connectivity index (χ0n) is 27.5. The molecule has 0 aliphatic carbocycles. The third-order valence-electron chi connectivity index (χ3n) is 9.72. The Morgan fingerprint density at radius 2 is 0.961 bits per heavy atom. The van der Waals surface area contributed by atoms with Crippen molar-refractivity contribution in [3.05, 3.63) is 182 Å². The van der Waals surface area contributed by atoms with Gasteiger partial charge in [-0.05, 0) is 94.2 Å². The van der Waals surface area contributed by atoms with Crippen molar-refractivity contribution < 1.29 is 8.83 Å². The van der Waals surface area contributed by atoms with Crippen LogP contribution >= 0.6 is 0 Å². The minimum Gasteiger partial charge on any atom is -0.456 e. The molecule has 0 bridgehead atoms. The third kappa shape index (κ3) is 5.04. The predicted octanol–water partition coefficient (Wildman–Crippen LogP) is 13.4. The van der Waals surface area contributed by atoms with Gasteiger partial charge in [-0.15, -0.1) is 0 Å². The first-order valence-electron chi connectivity index (χ1n) is 17.1. The number of aromatic nitrogens is 1. The molecule has 4 nitrogen and oxygen atoms in total.